The largest absolute Gasteiger partial charge is 0.462 e. The summed E-state index contributed by atoms with van der Waals surface area (Å²) in [7, 11) is 0. The Hall–Kier alpha value is -3.93. The average Bonchev–Trinajstić information content (AvgIpc) is 3.31. The van der Waals surface area contributed by atoms with Crippen molar-refractivity contribution in [3.8, 4) is 0 Å². The van der Waals surface area contributed by atoms with Gasteiger partial charge in [0.15, 0.2) is 6.10 Å². The van der Waals surface area contributed by atoms with Crippen molar-refractivity contribution < 1.29 is 28.6 Å². The van der Waals surface area contributed by atoms with E-state index in [-0.39, 0.29) is 37.5 Å². The van der Waals surface area contributed by atoms with Crippen LogP contribution in [0.4, 0.5) is 0 Å². The maximum atomic E-state index is 12.8. The highest BCUT2D eigenvalue weighted by Crippen LogP contribution is 2.14. The van der Waals surface area contributed by atoms with Crippen molar-refractivity contribution in [2.45, 2.75) is 239 Å². The molecule has 0 bridgehead atoms. The quantitative estimate of drug-likeness (QED) is 0.0262. The minimum Gasteiger partial charge on any atom is -0.462 e. The third-order valence-corrected chi connectivity index (χ3v) is 11.0. The number of carbonyl (C=O) groups is 3. The van der Waals surface area contributed by atoms with Gasteiger partial charge in [-0.25, -0.2) is 0 Å². The van der Waals surface area contributed by atoms with Crippen molar-refractivity contribution in [2.24, 2.45) is 0 Å². The van der Waals surface area contributed by atoms with Crippen LogP contribution < -0.4 is 0 Å². The molecule has 0 saturated carbocycles. The first kappa shape index (κ1) is 62.1. The fourth-order valence-corrected chi connectivity index (χ4v) is 6.99. The van der Waals surface area contributed by atoms with Crippen LogP contribution in [0.1, 0.15) is 233 Å². The highest BCUT2D eigenvalue weighted by molar-refractivity contribution is 5.71. The summed E-state index contributed by atoms with van der Waals surface area (Å²) in [4.78, 5) is 38.0. The predicted octanol–water partition coefficient (Wildman–Crippen LogP) is 17.9. The van der Waals surface area contributed by atoms with Crippen molar-refractivity contribution in [3.05, 3.63) is 109 Å². The molecule has 374 valence electrons. The molecular weight excluding hydrogens is 817 g/mol. The molecule has 0 aromatic rings. The van der Waals surface area contributed by atoms with Gasteiger partial charge in [-0.15, -0.1) is 0 Å². The SMILES string of the molecule is CC/C=C\C/C=C\C/C=C\C/C=C\C/C=C\CCCCCC(=O)OCC(COC(=O)CCCCCCCCCCCCCC)OC(=O)CCC/C=C\C/C=C\C/C=C\C/C=C\CCCCC. The molecule has 0 saturated heterocycles. The molecule has 0 aliphatic rings. The number of unbranched alkanes of at least 4 members (excludes halogenated alkanes) is 18. The van der Waals surface area contributed by atoms with Crippen molar-refractivity contribution in [1.29, 1.82) is 0 Å². The topological polar surface area (TPSA) is 78.9 Å². The first-order chi connectivity index (χ1) is 32.5. The van der Waals surface area contributed by atoms with Gasteiger partial charge in [-0.1, -0.05) is 220 Å². The standard InChI is InChI=1S/C60H98O6/c1-4-7-10-13-16-19-22-25-27-29-30-32-33-35-38-41-44-47-50-53-59(62)65-56-57(55-64-58(61)52-49-46-43-40-37-24-21-18-15-12-9-6-3)66-60(63)54-51-48-45-42-39-36-34-31-28-26-23-20-17-14-11-8-5-2/h7,10,16-17,19-20,25-28,30,32,34-36,38,42,45,57H,4-6,8-9,11-15,18,21-24,29,31,33,37,39-41,43-44,46-56H2,1-3H3/b10-7-,19-16-,20-17-,27-25-,28-26-,32-30-,36-34-,38-35-,45-42-. The molecule has 6 heteroatoms. The number of hydrogen-bond donors (Lipinski definition) is 0. The molecule has 66 heavy (non-hydrogen) atoms. The van der Waals surface area contributed by atoms with E-state index in [1.54, 1.807) is 0 Å². The van der Waals surface area contributed by atoms with Crippen LogP contribution in [0.3, 0.4) is 0 Å². The summed E-state index contributed by atoms with van der Waals surface area (Å²) < 4.78 is 16.7. The van der Waals surface area contributed by atoms with Crippen molar-refractivity contribution in [3.63, 3.8) is 0 Å². The summed E-state index contributed by atoms with van der Waals surface area (Å²) in [5.41, 5.74) is 0. The Balaban J connectivity index is 4.53. The number of esters is 3. The molecule has 1 atom stereocenters. The Labute approximate surface area is 406 Å². The summed E-state index contributed by atoms with van der Waals surface area (Å²) in [6.45, 7) is 6.41. The van der Waals surface area contributed by atoms with Gasteiger partial charge in [0.05, 0.1) is 0 Å². The van der Waals surface area contributed by atoms with Crippen LogP contribution in [0, 0.1) is 0 Å². The van der Waals surface area contributed by atoms with Crippen LogP contribution in [0.2, 0.25) is 0 Å². The molecule has 0 aliphatic carbocycles. The maximum Gasteiger partial charge on any atom is 0.306 e. The van der Waals surface area contributed by atoms with E-state index < -0.39 is 6.10 Å². The lowest BCUT2D eigenvalue weighted by atomic mass is 10.0. The van der Waals surface area contributed by atoms with Gasteiger partial charge < -0.3 is 14.2 Å². The molecule has 0 rings (SSSR count). The van der Waals surface area contributed by atoms with E-state index in [1.807, 2.05) is 0 Å². The average molecular weight is 915 g/mol. The second-order valence-electron chi connectivity index (χ2n) is 17.4. The Morgan fingerprint density at radius 2 is 0.606 bits per heavy atom. The lowest BCUT2D eigenvalue weighted by Gasteiger charge is -2.18. The van der Waals surface area contributed by atoms with E-state index >= 15 is 0 Å². The van der Waals surface area contributed by atoms with Crippen LogP contribution in [0.25, 0.3) is 0 Å². The summed E-state index contributed by atoms with van der Waals surface area (Å²) in [6.07, 6.45) is 72.2. The number of hydrogen-bond acceptors (Lipinski definition) is 6. The van der Waals surface area contributed by atoms with Gasteiger partial charge in [0, 0.05) is 19.3 Å². The van der Waals surface area contributed by atoms with Gasteiger partial charge >= 0.3 is 17.9 Å². The molecule has 0 N–H and O–H groups in total. The Morgan fingerprint density at radius 1 is 0.318 bits per heavy atom. The molecule has 0 radical (unpaired) electrons. The van der Waals surface area contributed by atoms with E-state index in [4.69, 9.17) is 14.2 Å². The molecule has 0 heterocycles. The molecule has 0 aromatic heterocycles. The molecule has 0 spiro atoms. The monoisotopic (exact) mass is 915 g/mol. The fraction of sp³-hybridized carbons (Fsp3) is 0.650. The fourth-order valence-electron chi connectivity index (χ4n) is 6.99. The molecular formula is C60H98O6. The van der Waals surface area contributed by atoms with E-state index in [2.05, 4.69) is 130 Å². The zero-order chi connectivity index (χ0) is 47.9. The molecule has 0 aromatic carbocycles. The summed E-state index contributed by atoms with van der Waals surface area (Å²) >= 11 is 0. The third-order valence-electron chi connectivity index (χ3n) is 11.0. The second-order valence-corrected chi connectivity index (χ2v) is 17.4. The van der Waals surface area contributed by atoms with E-state index in [1.165, 1.54) is 83.5 Å². The predicted molar refractivity (Wildman–Crippen MR) is 283 cm³/mol. The van der Waals surface area contributed by atoms with Crippen LogP contribution in [-0.4, -0.2) is 37.2 Å². The number of ether oxygens (including phenoxy) is 3. The Kier molecular flexibility index (Phi) is 50.5. The number of carbonyl (C=O) groups excluding carboxylic acids is 3. The zero-order valence-electron chi connectivity index (χ0n) is 42.7. The Bertz CT molecular complexity index is 1370. The molecule has 1 unspecified atom stereocenters. The van der Waals surface area contributed by atoms with Gasteiger partial charge in [-0.3, -0.25) is 14.4 Å². The number of allylic oxidation sites excluding steroid dienone is 18. The van der Waals surface area contributed by atoms with Gasteiger partial charge in [-0.05, 0) is 103 Å². The highest BCUT2D eigenvalue weighted by atomic mass is 16.6. The second kappa shape index (κ2) is 53.7. The molecule has 0 amide bonds. The highest BCUT2D eigenvalue weighted by Gasteiger charge is 2.19. The minimum atomic E-state index is -0.820. The van der Waals surface area contributed by atoms with Gasteiger partial charge in [0.2, 0.25) is 0 Å². The van der Waals surface area contributed by atoms with Gasteiger partial charge in [-0.2, -0.15) is 0 Å². The van der Waals surface area contributed by atoms with Crippen molar-refractivity contribution in [2.75, 3.05) is 13.2 Å². The van der Waals surface area contributed by atoms with Crippen LogP contribution in [0.5, 0.6) is 0 Å². The molecule has 6 nitrogen and oxygen atoms in total. The normalized spacial score (nSPS) is 13.0. The summed E-state index contributed by atoms with van der Waals surface area (Å²) in [5, 5.41) is 0. The zero-order valence-corrected chi connectivity index (χ0v) is 42.7. The van der Waals surface area contributed by atoms with E-state index in [0.29, 0.717) is 19.3 Å². The van der Waals surface area contributed by atoms with Gasteiger partial charge in [0.1, 0.15) is 13.2 Å². The van der Waals surface area contributed by atoms with Gasteiger partial charge in [0.25, 0.3) is 0 Å². The summed E-state index contributed by atoms with van der Waals surface area (Å²) in [6, 6.07) is 0. The van der Waals surface area contributed by atoms with Crippen molar-refractivity contribution in [1.82, 2.24) is 0 Å². The van der Waals surface area contributed by atoms with E-state index in [0.717, 1.165) is 103 Å². The molecule has 0 fully saturated rings. The Morgan fingerprint density at radius 3 is 1.00 bits per heavy atom. The van der Waals surface area contributed by atoms with E-state index in [9.17, 15) is 14.4 Å². The number of rotatable bonds is 47. The van der Waals surface area contributed by atoms with Crippen LogP contribution >= 0.6 is 0 Å². The lowest BCUT2D eigenvalue weighted by molar-refractivity contribution is -0.167. The van der Waals surface area contributed by atoms with Crippen molar-refractivity contribution >= 4 is 17.9 Å². The first-order valence-electron chi connectivity index (χ1n) is 26.9. The third kappa shape index (κ3) is 51.1. The summed E-state index contributed by atoms with van der Waals surface area (Å²) in [5.74, 6) is -1.00. The van der Waals surface area contributed by atoms with Crippen LogP contribution in [-0.2, 0) is 28.6 Å². The smallest absolute Gasteiger partial charge is 0.306 e. The minimum absolute atomic E-state index is 0.111. The van der Waals surface area contributed by atoms with Crippen LogP contribution in [0.15, 0.2) is 109 Å². The lowest BCUT2D eigenvalue weighted by Crippen LogP contribution is -2.30. The maximum absolute atomic E-state index is 12.8. The first-order valence-corrected chi connectivity index (χ1v) is 26.9. The molecule has 0 aliphatic heterocycles.